The van der Waals surface area contributed by atoms with Gasteiger partial charge in [-0.25, -0.2) is 18.5 Å². The van der Waals surface area contributed by atoms with Crippen LogP contribution in [0.5, 0.6) is 5.75 Å². The number of carbonyl (C=O) groups is 3. The minimum Gasteiger partial charge on any atom is -0.494 e. The Morgan fingerprint density at radius 1 is 0.917 bits per heavy atom. The lowest BCUT2D eigenvalue weighted by Crippen LogP contribution is -2.37. The predicted molar refractivity (Wildman–Crippen MR) is 130 cm³/mol. The van der Waals surface area contributed by atoms with Crippen molar-refractivity contribution in [2.75, 3.05) is 16.8 Å². The number of benzene rings is 3. The predicted octanol–water partition coefficient (Wildman–Crippen LogP) is 5.12. The molecule has 1 fully saturated rings. The van der Waals surface area contributed by atoms with Crippen molar-refractivity contribution in [2.24, 2.45) is 0 Å². The molecule has 1 N–H and O–H groups in total. The number of urea groups is 1. The lowest BCUT2D eigenvalue weighted by atomic mass is 10.1. The molecule has 1 aliphatic rings. The molecule has 1 atom stereocenters. The number of anilines is 2. The largest absolute Gasteiger partial charge is 0.494 e. The molecule has 1 saturated heterocycles. The van der Waals surface area contributed by atoms with E-state index >= 15 is 0 Å². The van der Waals surface area contributed by atoms with Gasteiger partial charge in [0, 0.05) is 12.2 Å². The number of imide groups is 1. The monoisotopic (exact) mass is 493 g/mol. The fourth-order valence-corrected chi connectivity index (χ4v) is 3.87. The lowest BCUT2D eigenvalue weighted by molar-refractivity contribution is -0.124. The molecular formula is C27H25F2N3O4. The van der Waals surface area contributed by atoms with Gasteiger partial charge in [0.2, 0.25) is 5.91 Å². The highest BCUT2D eigenvalue weighted by Crippen LogP contribution is 2.29. The number of ether oxygens (including phenoxy) is 1. The zero-order valence-electron chi connectivity index (χ0n) is 19.6. The molecule has 1 heterocycles. The third kappa shape index (κ3) is 5.68. The van der Waals surface area contributed by atoms with Gasteiger partial charge in [-0.15, -0.1) is 0 Å². The molecule has 0 spiro atoms. The van der Waals surface area contributed by atoms with Crippen molar-refractivity contribution in [1.82, 2.24) is 4.90 Å². The summed E-state index contributed by atoms with van der Waals surface area (Å²) in [5.41, 5.74) is 1.30. The highest BCUT2D eigenvalue weighted by atomic mass is 19.1. The van der Waals surface area contributed by atoms with Gasteiger partial charge in [0.25, 0.3) is 5.91 Å². The first kappa shape index (κ1) is 24.8. The lowest BCUT2D eigenvalue weighted by Gasteiger charge is -2.21. The number of amides is 4. The van der Waals surface area contributed by atoms with Crippen LogP contribution >= 0.6 is 0 Å². The number of hydrogen-bond donors (Lipinski definition) is 1. The zero-order valence-corrected chi connectivity index (χ0v) is 19.6. The number of rotatable bonds is 9. The third-order valence-corrected chi connectivity index (χ3v) is 5.66. The standard InChI is InChI=1S/C27H25F2N3O4/c1-2-15-36-23-13-9-21(10-14-23)30-25(33)16-24-26(34)32(22-11-7-20(29)8-12-22)27(35)31(24)17-18-3-5-19(28)6-4-18/h3-14,24H,2,15-17H2,1H3,(H,30,33). The van der Waals surface area contributed by atoms with Crippen LogP contribution in [0.1, 0.15) is 25.3 Å². The number of carbonyl (C=O) groups excluding carboxylic acids is 3. The van der Waals surface area contributed by atoms with Crippen LogP contribution in [0, 0.1) is 11.6 Å². The summed E-state index contributed by atoms with van der Waals surface area (Å²) >= 11 is 0. The summed E-state index contributed by atoms with van der Waals surface area (Å²) in [5.74, 6) is -1.34. The van der Waals surface area contributed by atoms with E-state index in [4.69, 9.17) is 4.74 Å². The molecule has 0 radical (unpaired) electrons. The summed E-state index contributed by atoms with van der Waals surface area (Å²) in [7, 11) is 0. The molecule has 0 saturated carbocycles. The number of nitrogens with one attached hydrogen (secondary N) is 1. The van der Waals surface area contributed by atoms with Crippen LogP contribution < -0.4 is 15.0 Å². The maximum absolute atomic E-state index is 13.4. The Morgan fingerprint density at radius 2 is 1.53 bits per heavy atom. The van der Waals surface area contributed by atoms with Gasteiger partial charge in [-0.05, 0) is 72.6 Å². The Morgan fingerprint density at radius 3 is 2.14 bits per heavy atom. The Labute approximate surface area is 207 Å². The maximum Gasteiger partial charge on any atom is 0.332 e. The van der Waals surface area contributed by atoms with E-state index in [1.54, 1.807) is 24.3 Å². The van der Waals surface area contributed by atoms with Gasteiger partial charge in [-0.1, -0.05) is 19.1 Å². The zero-order chi connectivity index (χ0) is 25.7. The first-order chi connectivity index (χ1) is 17.4. The van der Waals surface area contributed by atoms with E-state index in [0.29, 0.717) is 23.6 Å². The van der Waals surface area contributed by atoms with Crippen LogP contribution in [0.15, 0.2) is 72.8 Å². The number of halogens is 2. The molecule has 1 unspecified atom stereocenters. The topological polar surface area (TPSA) is 79.0 Å². The second-order valence-electron chi connectivity index (χ2n) is 8.33. The molecule has 0 bridgehead atoms. The summed E-state index contributed by atoms with van der Waals surface area (Å²) < 4.78 is 32.3. The normalized spacial score (nSPS) is 15.4. The van der Waals surface area contributed by atoms with E-state index in [2.05, 4.69) is 5.32 Å². The maximum atomic E-state index is 13.4. The van der Waals surface area contributed by atoms with E-state index in [1.807, 2.05) is 6.92 Å². The molecule has 3 aromatic carbocycles. The fraction of sp³-hybridized carbons (Fsp3) is 0.222. The smallest absolute Gasteiger partial charge is 0.332 e. The van der Waals surface area contributed by atoms with Crippen LogP contribution in [0.2, 0.25) is 0 Å². The van der Waals surface area contributed by atoms with E-state index in [0.717, 1.165) is 23.5 Å². The van der Waals surface area contributed by atoms with Crippen LogP contribution in [0.4, 0.5) is 25.0 Å². The SMILES string of the molecule is CCCOc1ccc(NC(=O)CC2C(=O)N(c3ccc(F)cc3)C(=O)N2Cc2ccc(F)cc2)cc1. The Hall–Kier alpha value is -4.27. The van der Waals surface area contributed by atoms with E-state index in [-0.39, 0.29) is 18.7 Å². The van der Waals surface area contributed by atoms with Crippen molar-refractivity contribution in [3.63, 3.8) is 0 Å². The van der Waals surface area contributed by atoms with Gasteiger partial charge in [-0.2, -0.15) is 0 Å². The van der Waals surface area contributed by atoms with Gasteiger partial charge < -0.3 is 15.0 Å². The number of hydrogen-bond acceptors (Lipinski definition) is 4. The Kier molecular flexibility index (Phi) is 7.58. The van der Waals surface area contributed by atoms with Crippen molar-refractivity contribution in [3.8, 4) is 5.75 Å². The van der Waals surface area contributed by atoms with Crippen molar-refractivity contribution < 1.29 is 27.9 Å². The first-order valence-electron chi connectivity index (χ1n) is 11.5. The highest BCUT2D eigenvalue weighted by molar-refractivity contribution is 6.22. The minimum atomic E-state index is -1.10. The van der Waals surface area contributed by atoms with Crippen LogP contribution in [-0.2, 0) is 16.1 Å². The van der Waals surface area contributed by atoms with Crippen molar-refractivity contribution >= 4 is 29.2 Å². The minimum absolute atomic E-state index is 0.00996. The highest BCUT2D eigenvalue weighted by Gasteiger charge is 2.46. The fourth-order valence-electron chi connectivity index (χ4n) is 3.87. The van der Waals surface area contributed by atoms with Gasteiger partial charge >= 0.3 is 6.03 Å². The van der Waals surface area contributed by atoms with Crippen LogP contribution in [0.25, 0.3) is 0 Å². The molecular weight excluding hydrogens is 468 g/mol. The average molecular weight is 494 g/mol. The molecule has 186 valence electrons. The van der Waals surface area contributed by atoms with E-state index in [1.165, 1.54) is 41.3 Å². The summed E-state index contributed by atoms with van der Waals surface area (Å²) in [6, 6.07) is 15.6. The van der Waals surface area contributed by atoms with Gasteiger partial charge in [0.05, 0.1) is 18.7 Å². The molecule has 0 aliphatic carbocycles. The quantitative estimate of drug-likeness (QED) is 0.420. The number of nitrogens with zero attached hydrogens (tertiary/aromatic N) is 2. The van der Waals surface area contributed by atoms with Gasteiger partial charge in [0.1, 0.15) is 23.4 Å². The average Bonchev–Trinajstić information content (AvgIpc) is 3.09. The van der Waals surface area contributed by atoms with Crippen molar-refractivity contribution in [3.05, 3.63) is 90.0 Å². The summed E-state index contributed by atoms with van der Waals surface area (Å²) in [6.45, 7) is 2.57. The summed E-state index contributed by atoms with van der Waals surface area (Å²) in [5, 5.41) is 2.74. The molecule has 4 rings (SSSR count). The van der Waals surface area contributed by atoms with Gasteiger partial charge in [0.15, 0.2) is 0 Å². The molecule has 3 aromatic rings. The Balaban J connectivity index is 1.53. The molecule has 36 heavy (non-hydrogen) atoms. The van der Waals surface area contributed by atoms with Crippen molar-refractivity contribution in [1.29, 1.82) is 0 Å². The van der Waals surface area contributed by atoms with Crippen LogP contribution in [-0.4, -0.2) is 35.4 Å². The van der Waals surface area contributed by atoms with E-state index in [9.17, 15) is 23.2 Å². The van der Waals surface area contributed by atoms with Gasteiger partial charge in [-0.3, -0.25) is 9.59 Å². The van der Waals surface area contributed by atoms with Crippen LogP contribution in [0.3, 0.4) is 0 Å². The second kappa shape index (κ2) is 11.0. The first-order valence-corrected chi connectivity index (χ1v) is 11.5. The summed E-state index contributed by atoms with van der Waals surface area (Å²) in [6.07, 6.45) is 0.577. The Bertz CT molecular complexity index is 1230. The molecule has 7 nitrogen and oxygen atoms in total. The second-order valence-corrected chi connectivity index (χ2v) is 8.33. The van der Waals surface area contributed by atoms with E-state index < -0.39 is 35.5 Å². The summed E-state index contributed by atoms with van der Waals surface area (Å²) in [4.78, 5) is 41.6. The molecule has 4 amide bonds. The van der Waals surface area contributed by atoms with Crippen molar-refractivity contribution in [2.45, 2.75) is 32.4 Å². The molecule has 1 aliphatic heterocycles. The molecule has 0 aromatic heterocycles. The third-order valence-electron chi connectivity index (χ3n) is 5.66. The molecule has 9 heteroatoms.